The smallest absolute Gasteiger partial charge is 0.407 e. The standard InChI is InChI=1S/C26H25N3O5S/c30-23(31)12-11-21(24(32)29-25-27-22(14-35-25)15-9-10-15)28-26(33)34-13-20-18-7-3-1-5-16(18)17-6-2-4-8-19(17)20/h1-8,14-15,20-21H,9-13H2,(H,28,33)(H,30,31)(H,27,29,32). The Morgan fingerprint density at radius 1 is 1.06 bits per heavy atom. The van der Waals surface area contributed by atoms with E-state index in [1.54, 1.807) is 0 Å². The van der Waals surface area contributed by atoms with Crippen molar-refractivity contribution in [1.29, 1.82) is 0 Å². The summed E-state index contributed by atoms with van der Waals surface area (Å²) in [5.41, 5.74) is 5.35. The molecule has 1 heterocycles. The number of amides is 2. The molecule has 0 saturated heterocycles. The summed E-state index contributed by atoms with van der Waals surface area (Å²) in [5.74, 6) is -1.23. The zero-order valence-corrected chi connectivity index (χ0v) is 19.7. The van der Waals surface area contributed by atoms with Gasteiger partial charge in [0, 0.05) is 23.6 Å². The fourth-order valence-corrected chi connectivity index (χ4v) is 5.22. The molecular formula is C26H25N3O5S. The first kappa shape index (κ1) is 23.0. The number of benzene rings is 2. The number of thiazole rings is 1. The lowest BCUT2D eigenvalue weighted by atomic mass is 9.98. The van der Waals surface area contributed by atoms with Crippen molar-refractivity contribution in [2.24, 2.45) is 0 Å². The average molecular weight is 492 g/mol. The Balaban J connectivity index is 1.23. The molecule has 2 aliphatic carbocycles. The Kier molecular flexibility index (Phi) is 6.50. The van der Waals surface area contributed by atoms with E-state index in [1.165, 1.54) is 11.3 Å². The number of aromatic nitrogens is 1. The number of hydrogen-bond donors (Lipinski definition) is 3. The number of carboxylic acids is 1. The summed E-state index contributed by atoms with van der Waals surface area (Å²) in [6, 6.07) is 15.0. The number of carboxylic acid groups (broad SMARTS) is 1. The molecule has 1 unspecified atom stereocenters. The van der Waals surface area contributed by atoms with Crippen LogP contribution >= 0.6 is 11.3 Å². The molecule has 3 N–H and O–H groups in total. The second kappa shape index (κ2) is 9.87. The van der Waals surface area contributed by atoms with E-state index in [0.29, 0.717) is 11.0 Å². The highest BCUT2D eigenvalue weighted by molar-refractivity contribution is 7.14. The lowest BCUT2D eigenvalue weighted by Gasteiger charge is -2.19. The number of rotatable bonds is 9. The van der Waals surface area contributed by atoms with Gasteiger partial charge in [0.25, 0.3) is 0 Å². The molecule has 9 heteroatoms. The third-order valence-corrected chi connectivity index (χ3v) is 7.12. The van der Waals surface area contributed by atoms with Crippen molar-refractivity contribution in [3.8, 4) is 11.1 Å². The number of carbonyl (C=O) groups excluding carboxylic acids is 2. The summed E-state index contributed by atoms with van der Waals surface area (Å²) in [6.45, 7) is 0.102. The van der Waals surface area contributed by atoms with Crippen LogP contribution in [0.3, 0.4) is 0 Å². The Labute approximate surface area is 206 Å². The van der Waals surface area contributed by atoms with E-state index in [2.05, 4.69) is 15.6 Å². The molecule has 1 atom stereocenters. The SMILES string of the molecule is O=C(O)CCC(NC(=O)OCC1c2ccccc2-c2ccccc21)C(=O)Nc1nc(C2CC2)cs1. The molecule has 1 aromatic heterocycles. The van der Waals surface area contributed by atoms with Gasteiger partial charge in [0.15, 0.2) is 5.13 Å². The van der Waals surface area contributed by atoms with E-state index in [0.717, 1.165) is 40.8 Å². The number of fused-ring (bicyclic) bond motifs is 3. The molecule has 2 aromatic carbocycles. The van der Waals surface area contributed by atoms with Crippen LogP contribution in [-0.2, 0) is 14.3 Å². The molecule has 8 nitrogen and oxygen atoms in total. The Morgan fingerprint density at radius 3 is 2.34 bits per heavy atom. The maximum atomic E-state index is 12.8. The van der Waals surface area contributed by atoms with Gasteiger partial charge in [-0.1, -0.05) is 48.5 Å². The molecule has 0 aliphatic heterocycles. The first-order valence-corrected chi connectivity index (χ1v) is 12.5. The number of nitrogens with one attached hydrogen (secondary N) is 2. The van der Waals surface area contributed by atoms with E-state index in [9.17, 15) is 14.4 Å². The molecule has 1 fully saturated rings. The predicted molar refractivity (Wildman–Crippen MR) is 132 cm³/mol. The average Bonchev–Trinajstić information content (AvgIpc) is 3.52. The van der Waals surface area contributed by atoms with E-state index in [4.69, 9.17) is 9.84 Å². The number of aliphatic carboxylic acids is 1. The Bertz CT molecular complexity index is 1220. The van der Waals surface area contributed by atoms with Crippen LogP contribution in [0.4, 0.5) is 9.93 Å². The number of ether oxygens (including phenoxy) is 1. The molecule has 0 spiro atoms. The van der Waals surface area contributed by atoms with E-state index in [-0.39, 0.29) is 25.4 Å². The summed E-state index contributed by atoms with van der Waals surface area (Å²) in [4.78, 5) is 41.0. The van der Waals surface area contributed by atoms with Gasteiger partial charge < -0.3 is 20.5 Å². The largest absolute Gasteiger partial charge is 0.481 e. The molecule has 5 rings (SSSR count). The van der Waals surface area contributed by atoms with Crippen molar-refractivity contribution in [2.45, 2.75) is 43.6 Å². The van der Waals surface area contributed by atoms with E-state index < -0.39 is 24.0 Å². The minimum atomic E-state index is -1.06. The van der Waals surface area contributed by atoms with Crippen LogP contribution < -0.4 is 10.6 Å². The minimum absolute atomic E-state index is 0.0633. The molecule has 2 amide bonds. The first-order chi connectivity index (χ1) is 17.0. The van der Waals surface area contributed by atoms with Crippen LogP contribution in [0.25, 0.3) is 11.1 Å². The fraction of sp³-hybridized carbons (Fsp3) is 0.308. The summed E-state index contributed by atoms with van der Waals surface area (Å²) < 4.78 is 5.53. The minimum Gasteiger partial charge on any atom is -0.481 e. The van der Waals surface area contributed by atoms with Crippen LogP contribution in [0.5, 0.6) is 0 Å². The Morgan fingerprint density at radius 2 is 1.71 bits per heavy atom. The predicted octanol–water partition coefficient (Wildman–Crippen LogP) is 4.73. The van der Waals surface area contributed by atoms with Gasteiger partial charge in [-0.05, 0) is 41.5 Å². The number of carbonyl (C=O) groups is 3. The summed E-state index contributed by atoms with van der Waals surface area (Å²) in [5, 5.41) is 16.7. The van der Waals surface area contributed by atoms with Crippen molar-refractivity contribution in [2.75, 3.05) is 11.9 Å². The fourth-order valence-electron chi connectivity index (χ4n) is 4.42. The maximum absolute atomic E-state index is 12.8. The molecule has 0 bridgehead atoms. The van der Waals surface area contributed by atoms with Gasteiger partial charge in [0.1, 0.15) is 12.6 Å². The third-order valence-electron chi connectivity index (χ3n) is 6.35. The van der Waals surface area contributed by atoms with Crippen molar-refractivity contribution in [3.63, 3.8) is 0 Å². The highest BCUT2D eigenvalue weighted by Gasteiger charge is 2.30. The van der Waals surface area contributed by atoms with Crippen molar-refractivity contribution in [3.05, 3.63) is 70.7 Å². The van der Waals surface area contributed by atoms with Gasteiger partial charge in [-0.15, -0.1) is 11.3 Å². The monoisotopic (exact) mass is 491 g/mol. The normalized spacial score (nSPS) is 15.1. The second-order valence-electron chi connectivity index (χ2n) is 8.80. The highest BCUT2D eigenvalue weighted by Crippen LogP contribution is 2.44. The van der Waals surface area contributed by atoms with Gasteiger partial charge in [-0.25, -0.2) is 9.78 Å². The number of nitrogens with zero attached hydrogens (tertiary/aromatic N) is 1. The van der Waals surface area contributed by atoms with Crippen molar-refractivity contribution >= 4 is 34.4 Å². The maximum Gasteiger partial charge on any atom is 0.407 e. The van der Waals surface area contributed by atoms with E-state index in [1.807, 2.05) is 53.9 Å². The summed E-state index contributed by atoms with van der Waals surface area (Å²) in [6.07, 6.45) is 1.10. The number of hydrogen-bond acceptors (Lipinski definition) is 6. The molecule has 1 saturated carbocycles. The third kappa shape index (κ3) is 5.19. The molecule has 35 heavy (non-hydrogen) atoms. The van der Waals surface area contributed by atoms with E-state index >= 15 is 0 Å². The van der Waals surface area contributed by atoms with Crippen LogP contribution in [0.15, 0.2) is 53.9 Å². The number of anilines is 1. The highest BCUT2D eigenvalue weighted by atomic mass is 32.1. The van der Waals surface area contributed by atoms with Crippen LogP contribution in [0.2, 0.25) is 0 Å². The summed E-state index contributed by atoms with van der Waals surface area (Å²) in [7, 11) is 0. The zero-order valence-electron chi connectivity index (χ0n) is 18.9. The van der Waals surface area contributed by atoms with Crippen LogP contribution in [0.1, 0.15) is 54.3 Å². The molecule has 3 aromatic rings. The lowest BCUT2D eigenvalue weighted by Crippen LogP contribution is -2.44. The second-order valence-corrected chi connectivity index (χ2v) is 9.65. The van der Waals surface area contributed by atoms with Crippen LogP contribution in [-0.4, -0.2) is 40.7 Å². The topological polar surface area (TPSA) is 118 Å². The molecule has 180 valence electrons. The quantitative estimate of drug-likeness (QED) is 0.398. The van der Waals surface area contributed by atoms with Gasteiger partial charge in [0.05, 0.1) is 5.69 Å². The summed E-state index contributed by atoms with van der Waals surface area (Å²) >= 11 is 1.32. The molecule has 2 aliphatic rings. The first-order valence-electron chi connectivity index (χ1n) is 11.6. The van der Waals surface area contributed by atoms with Gasteiger partial charge in [0.2, 0.25) is 5.91 Å². The molecular weight excluding hydrogens is 466 g/mol. The zero-order chi connectivity index (χ0) is 24.4. The lowest BCUT2D eigenvalue weighted by molar-refractivity contribution is -0.137. The van der Waals surface area contributed by atoms with Gasteiger partial charge >= 0.3 is 12.1 Å². The van der Waals surface area contributed by atoms with Crippen LogP contribution in [0, 0.1) is 0 Å². The number of alkyl carbamates (subject to hydrolysis) is 1. The molecule has 0 radical (unpaired) electrons. The van der Waals surface area contributed by atoms with Crippen molar-refractivity contribution < 1.29 is 24.2 Å². The van der Waals surface area contributed by atoms with Gasteiger partial charge in [-0.3, -0.25) is 9.59 Å². The Hall–Kier alpha value is -3.72. The van der Waals surface area contributed by atoms with Crippen molar-refractivity contribution in [1.82, 2.24) is 10.3 Å². The van der Waals surface area contributed by atoms with Gasteiger partial charge in [-0.2, -0.15) is 0 Å².